The molecule has 180 valence electrons. The van der Waals surface area contributed by atoms with Crippen molar-refractivity contribution in [3.8, 4) is 6.07 Å². The number of nitriles is 1. The molecule has 6 heteroatoms. The Balaban J connectivity index is 1.48. The predicted molar refractivity (Wildman–Crippen MR) is 138 cm³/mol. The highest BCUT2D eigenvalue weighted by Gasteiger charge is 2.17. The molecule has 1 amide bonds. The lowest BCUT2D eigenvalue weighted by molar-refractivity contribution is 0.0525. The van der Waals surface area contributed by atoms with Gasteiger partial charge in [0.15, 0.2) is 0 Å². The van der Waals surface area contributed by atoms with Crippen molar-refractivity contribution in [2.75, 3.05) is 6.61 Å². The lowest BCUT2D eigenvalue weighted by atomic mass is 10.0. The molecule has 0 fully saturated rings. The highest BCUT2D eigenvalue weighted by Crippen LogP contribution is 2.19. The van der Waals surface area contributed by atoms with E-state index in [9.17, 15) is 9.59 Å². The third-order valence-electron chi connectivity index (χ3n) is 5.79. The molecule has 1 N–H and O–H groups in total. The summed E-state index contributed by atoms with van der Waals surface area (Å²) >= 11 is 0. The summed E-state index contributed by atoms with van der Waals surface area (Å²) in [5.74, 6) is -0.502. The molecule has 0 bridgehead atoms. The number of rotatable bonds is 9. The molecule has 1 heterocycles. The van der Waals surface area contributed by atoms with E-state index in [1.54, 1.807) is 31.3 Å². The molecular weight excluding hydrogens is 450 g/mol. The molecule has 4 aromatic rings. The van der Waals surface area contributed by atoms with Crippen LogP contribution in [-0.2, 0) is 24.2 Å². The number of ether oxygens (including phenoxy) is 1. The monoisotopic (exact) mass is 477 g/mol. The van der Waals surface area contributed by atoms with Gasteiger partial charge in [-0.2, -0.15) is 5.26 Å². The minimum Gasteiger partial charge on any atom is -0.462 e. The SMILES string of the molecule is CCOC(=O)c1cn(Cc2cccc(C#N)c2)cc1Cc1ccc(C(=O)NCc2ccccc2)cc1. The smallest absolute Gasteiger partial charge is 0.339 e. The summed E-state index contributed by atoms with van der Waals surface area (Å²) in [6, 6.07) is 26.7. The Labute approximate surface area is 210 Å². The van der Waals surface area contributed by atoms with Crippen LogP contribution >= 0.6 is 0 Å². The van der Waals surface area contributed by atoms with Crippen LogP contribution in [0.2, 0.25) is 0 Å². The summed E-state index contributed by atoms with van der Waals surface area (Å²) in [7, 11) is 0. The Kier molecular flexibility index (Phi) is 7.94. The van der Waals surface area contributed by atoms with Gasteiger partial charge in [-0.3, -0.25) is 4.79 Å². The number of carbonyl (C=O) groups is 2. The zero-order valence-corrected chi connectivity index (χ0v) is 20.1. The van der Waals surface area contributed by atoms with Crippen LogP contribution < -0.4 is 5.32 Å². The maximum atomic E-state index is 12.6. The Hall–Kier alpha value is -4.63. The van der Waals surface area contributed by atoms with Gasteiger partial charge in [-0.25, -0.2) is 4.79 Å². The van der Waals surface area contributed by atoms with Gasteiger partial charge < -0.3 is 14.6 Å². The Bertz CT molecular complexity index is 1380. The highest BCUT2D eigenvalue weighted by molar-refractivity contribution is 5.94. The van der Waals surface area contributed by atoms with Gasteiger partial charge in [0.2, 0.25) is 0 Å². The maximum absolute atomic E-state index is 12.6. The molecule has 1 aromatic heterocycles. The van der Waals surface area contributed by atoms with Gasteiger partial charge in [-0.05, 0) is 59.9 Å². The molecule has 3 aromatic carbocycles. The van der Waals surface area contributed by atoms with E-state index in [0.29, 0.717) is 42.8 Å². The van der Waals surface area contributed by atoms with E-state index in [4.69, 9.17) is 10.00 Å². The number of nitrogens with one attached hydrogen (secondary N) is 1. The van der Waals surface area contributed by atoms with Crippen LogP contribution in [0.25, 0.3) is 0 Å². The molecule has 0 saturated heterocycles. The summed E-state index contributed by atoms with van der Waals surface area (Å²) in [6.07, 6.45) is 4.24. The molecular formula is C30H27N3O3. The van der Waals surface area contributed by atoms with E-state index in [2.05, 4.69) is 11.4 Å². The van der Waals surface area contributed by atoms with Crippen molar-refractivity contribution in [3.63, 3.8) is 0 Å². The zero-order valence-electron chi connectivity index (χ0n) is 20.1. The van der Waals surface area contributed by atoms with Gasteiger partial charge in [0.25, 0.3) is 5.91 Å². The second-order valence-electron chi connectivity index (χ2n) is 8.44. The van der Waals surface area contributed by atoms with Crippen LogP contribution in [0, 0.1) is 11.3 Å². The molecule has 0 aliphatic rings. The summed E-state index contributed by atoms with van der Waals surface area (Å²) < 4.78 is 7.21. The van der Waals surface area contributed by atoms with Gasteiger partial charge in [-0.15, -0.1) is 0 Å². The van der Waals surface area contributed by atoms with E-state index in [-0.39, 0.29) is 11.9 Å². The number of carbonyl (C=O) groups excluding carboxylic acids is 2. The van der Waals surface area contributed by atoms with Crippen molar-refractivity contribution < 1.29 is 14.3 Å². The first-order valence-corrected chi connectivity index (χ1v) is 11.8. The second kappa shape index (κ2) is 11.7. The quantitative estimate of drug-likeness (QED) is 0.340. The first kappa shape index (κ1) is 24.5. The fourth-order valence-electron chi connectivity index (χ4n) is 4.00. The largest absolute Gasteiger partial charge is 0.462 e. The molecule has 36 heavy (non-hydrogen) atoms. The van der Waals surface area contributed by atoms with Crippen molar-refractivity contribution in [3.05, 3.63) is 130 Å². The van der Waals surface area contributed by atoms with E-state index >= 15 is 0 Å². The molecule has 0 unspecified atom stereocenters. The zero-order chi connectivity index (χ0) is 25.3. The number of nitrogens with zero attached hydrogens (tertiary/aromatic N) is 2. The molecule has 0 aliphatic heterocycles. The van der Waals surface area contributed by atoms with Gasteiger partial charge in [-0.1, -0.05) is 54.6 Å². The Morgan fingerprint density at radius 3 is 2.39 bits per heavy atom. The third kappa shape index (κ3) is 6.28. The minimum atomic E-state index is -0.367. The van der Waals surface area contributed by atoms with Crippen LogP contribution in [-0.4, -0.2) is 23.1 Å². The van der Waals surface area contributed by atoms with E-state index in [1.807, 2.05) is 71.4 Å². The standard InChI is InChI=1S/C30H27N3O3/c1-2-36-30(35)28-21-33(19-25-10-6-9-24(15-25)17-31)20-27(28)16-22-11-13-26(14-12-22)29(34)32-18-23-7-4-3-5-8-23/h3-15,20-21H,2,16,18-19H2,1H3,(H,32,34). The fourth-order valence-corrected chi connectivity index (χ4v) is 4.00. The molecule has 0 saturated carbocycles. The number of hydrogen-bond donors (Lipinski definition) is 1. The Morgan fingerprint density at radius 1 is 0.917 bits per heavy atom. The first-order valence-electron chi connectivity index (χ1n) is 11.8. The fraction of sp³-hybridized carbons (Fsp3) is 0.167. The maximum Gasteiger partial charge on any atom is 0.339 e. The van der Waals surface area contributed by atoms with Crippen molar-refractivity contribution in [1.82, 2.24) is 9.88 Å². The van der Waals surface area contributed by atoms with Crippen LogP contribution in [0.15, 0.2) is 91.3 Å². The van der Waals surface area contributed by atoms with Crippen molar-refractivity contribution in [2.45, 2.75) is 26.4 Å². The molecule has 0 spiro atoms. The number of amides is 1. The average Bonchev–Trinajstić information content (AvgIpc) is 3.30. The molecule has 0 aliphatic carbocycles. The summed E-state index contributed by atoms with van der Waals surface area (Å²) in [5, 5.41) is 12.1. The molecule has 0 atom stereocenters. The summed E-state index contributed by atoms with van der Waals surface area (Å²) in [6.45, 7) is 3.07. The summed E-state index contributed by atoms with van der Waals surface area (Å²) in [4.78, 5) is 25.2. The molecule has 6 nitrogen and oxygen atoms in total. The number of esters is 1. The number of hydrogen-bond acceptors (Lipinski definition) is 4. The van der Waals surface area contributed by atoms with Crippen LogP contribution in [0.1, 0.15) is 55.5 Å². The molecule has 0 radical (unpaired) electrons. The van der Waals surface area contributed by atoms with Crippen molar-refractivity contribution in [2.24, 2.45) is 0 Å². The second-order valence-corrected chi connectivity index (χ2v) is 8.44. The minimum absolute atomic E-state index is 0.136. The first-order chi connectivity index (χ1) is 17.6. The predicted octanol–water partition coefficient (Wildman–Crippen LogP) is 5.11. The van der Waals surface area contributed by atoms with E-state index in [0.717, 1.165) is 22.3 Å². The van der Waals surface area contributed by atoms with Gasteiger partial charge in [0, 0.05) is 31.0 Å². The van der Waals surface area contributed by atoms with Gasteiger partial charge in [0.1, 0.15) is 0 Å². The van der Waals surface area contributed by atoms with Crippen LogP contribution in [0.3, 0.4) is 0 Å². The number of benzene rings is 3. The van der Waals surface area contributed by atoms with E-state index < -0.39 is 0 Å². The topological polar surface area (TPSA) is 84.1 Å². The van der Waals surface area contributed by atoms with Gasteiger partial charge >= 0.3 is 5.97 Å². The van der Waals surface area contributed by atoms with Crippen LogP contribution in [0.5, 0.6) is 0 Å². The Morgan fingerprint density at radius 2 is 1.67 bits per heavy atom. The third-order valence-corrected chi connectivity index (χ3v) is 5.79. The number of aromatic nitrogens is 1. The molecule has 4 rings (SSSR count). The summed E-state index contributed by atoms with van der Waals surface area (Å²) in [5.41, 5.74) is 5.51. The van der Waals surface area contributed by atoms with Crippen molar-refractivity contribution >= 4 is 11.9 Å². The normalized spacial score (nSPS) is 10.4. The highest BCUT2D eigenvalue weighted by atomic mass is 16.5. The van der Waals surface area contributed by atoms with Crippen LogP contribution in [0.4, 0.5) is 0 Å². The van der Waals surface area contributed by atoms with Gasteiger partial charge in [0.05, 0.1) is 23.8 Å². The lowest BCUT2D eigenvalue weighted by Crippen LogP contribution is -2.22. The lowest BCUT2D eigenvalue weighted by Gasteiger charge is -2.07. The van der Waals surface area contributed by atoms with E-state index in [1.165, 1.54) is 0 Å². The average molecular weight is 478 g/mol. The van der Waals surface area contributed by atoms with Crippen molar-refractivity contribution in [1.29, 1.82) is 5.26 Å².